The SMILES string of the molecule is NS(=O)(=O)NC1CC(N/C(=N\S(=O)(=O)c2ccc(Cl)cc2)N2C[C@H](c3ccccc3)C(c3ccc(Cl)cc3)=N2)C1. The average molecular weight is 622 g/mol. The summed E-state index contributed by atoms with van der Waals surface area (Å²) >= 11 is 12.1. The van der Waals surface area contributed by atoms with E-state index in [-0.39, 0.29) is 28.9 Å². The number of nitrogens with zero attached hydrogens (tertiary/aromatic N) is 3. The van der Waals surface area contributed by atoms with Gasteiger partial charge in [0, 0.05) is 28.0 Å². The number of benzene rings is 3. The van der Waals surface area contributed by atoms with Crippen LogP contribution in [0.1, 0.15) is 29.9 Å². The van der Waals surface area contributed by atoms with Gasteiger partial charge in [0.05, 0.1) is 17.2 Å². The molecule has 14 heteroatoms. The summed E-state index contributed by atoms with van der Waals surface area (Å²) in [4.78, 5) is -0.0284. The Morgan fingerprint density at radius 1 is 0.875 bits per heavy atom. The molecule has 0 unspecified atom stereocenters. The first-order valence-corrected chi connectivity index (χ1v) is 16.0. The maximum Gasteiger partial charge on any atom is 0.285 e. The van der Waals surface area contributed by atoms with E-state index >= 15 is 0 Å². The number of hydrazone groups is 1. The molecule has 40 heavy (non-hydrogen) atoms. The molecule has 2 aliphatic rings. The monoisotopic (exact) mass is 620 g/mol. The Kier molecular flexibility index (Phi) is 8.18. The average Bonchev–Trinajstić information content (AvgIpc) is 3.33. The number of guanidine groups is 1. The highest BCUT2D eigenvalue weighted by Crippen LogP contribution is 2.30. The van der Waals surface area contributed by atoms with Gasteiger partial charge in [0.2, 0.25) is 5.96 Å². The molecule has 1 heterocycles. The number of nitrogens with two attached hydrogens (primary N) is 1. The number of rotatable bonds is 7. The van der Waals surface area contributed by atoms with Crippen LogP contribution in [-0.2, 0) is 20.2 Å². The minimum Gasteiger partial charge on any atom is -0.351 e. The van der Waals surface area contributed by atoms with Gasteiger partial charge in [0.25, 0.3) is 20.2 Å². The van der Waals surface area contributed by atoms with E-state index in [9.17, 15) is 16.8 Å². The molecular weight excluding hydrogens is 595 g/mol. The van der Waals surface area contributed by atoms with Crippen molar-refractivity contribution in [3.63, 3.8) is 0 Å². The number of hydrogen-bond donors (Lipinski definition) is 3. The Hall–Kier alpha value is -3.00. The Balaban J connectivity index is 1.51. The van der Waals surface area contributed by atoms with E-state index in [1.807, 2.05) is 42.5 Å². The van der Waals surface area contributed by atoms with Gasteiger partial charge in [-0.15, -0.1) is 4.40 Å². The van der Waals surface area contributed by atoms with E-state index in [1.165, 1.54) is 29.3 Å². The van der Waals surface area contributed by atoms with E-state index in [0.29, 0.717) is 29.4 Å². The maximum atomic E-state index is 13.3. The lowest BCUT2D eigenvalue weighted by Crippen LogP contribution is -2.56. The van der Waals surface area contributed by atoms with Crippen LogP contribution in [0.2, 0.25) is 10.0 Å². The second kappa shape index (κ2) is 11.5. The standard InChI is InChI=1S/C26H26Cl2N6O4S2/c27-19-8-6-18(7-9-19)25-24(17-4-2-1-3-5-17)16-34(31-25)26(30-21-14-22(15-21)32-40(29,37)38)33-39(35,36)23-12-10-20(28)11-13-23/h1-13,21-22,24,32H,14-16H2,(H,30,33)(H2,29,37,38)/t21?,22?,24-/m1/s1. The van der Waals surface area contributed by atoms with Crippen LogP contribution in [0.25, 0.3) is 0 Å². The summed E-state index contributed by atoms with van der Waals surface area (Å²) in [7, 11) is -8.00. The lowest BCUT2D eigenvalue weighted by atomic mass is 9.88. The Morgan fingerprint density at radius 2 is 1.48 bits per heavy atom. The number of hydrogen-bond acceptors (Lipinski definition) is 5. The van der Waals surface area contributed by atoms with E-state index in [2.05, 4.69) is 14.4 Å². The minimum absolute atomic E-state index is 0.0268. The van der Waals surface area contributed by atoms with Gasteiger partial charge in [-0.2, -0.15) is 26.7 Å². The topological polar surface area (TPSA) is 146 Å². The molecule has 3 aromatic rings. The van der Waals surface area contributed by atoms with Gasteiger partial charge >= 0.3 is 0 Å². The van der Waals surface area contributed by atoms with Crippen LogP contribution in [0.4, 0.5) is 0 Å². The third kappa shape index (κ3) is 6.82. The van der Waals surface area contributed by atoms with Gasteiger partial charge in [0.15, 0.2) is 0 Å². The van der Waals surface area contributed by atoms with E-state index in [0.717, 1.165) is 16.8 Å². The molecule has 1 aliphatic carbocycles. The molecule has 0 saturated heterocycles. The third-order valence-electron chi connectivity index (χ3n) is 6.62. The van der Waals surface area contributed by atoms with Crippen LogP contribution in [0.15, 0.2) is 93.3 Å². The molecule has 10 nitrogen and oxygen atoms in total. The predicted octanol–water partition coefficient (Wildman–Crippen LogP) is 3.46. The number of halogens is 2. The Labute approximate surface area is 243 Å². The van der Waals surface area contributed by atoms with Crippen LogP contribution in [-0.4, -0.2) is 52.1 Å². The zero-order valence-corrected chi connectivity index (χ0v) is 24.1. The zero-order chi connectivity index (χ0) is 28.5. The molecular formula is C26H26Cl2N6O4S2. The lowest BCUT2D eigenvalue weighted by molar-refractivity contribution is 0.292. The van der Waals surface area contributed by atoms with Crippen molar-refractivity contribution in [2.24, 2.45) is 14.6 Å². The Bertz CT molecular complexity index is 1640. The smallest absolute Gasteiger partial charge is 0.285 e. The largest absolute Gasteiger partial charge is 0.351 e. The van der Waals surface area contributed by atoms with Crippen LogP contribution >= 0.6 is 23.2 Å². The van der Waals surface area contributed by atoms with Crippen LogP contribution in [0.5, 0.6) is 0 Å². The molecule has 1 saturated carbocycles. The fourth-order valence-electron chi connectivity index (χ4n) is 4.63. The van der Waals surface area contributed by atoms with Gasteiger partial charge in [-0.05, 0) is 60.4 Å². The second-order valence-electron chi connectivity index (χ2n) is 9.55. The molecule has 0 amide bonds. The molecule has 210 valence electrons. The van der Waals surface area contributed by atoms with Crippen molar-refractivity contribution in [2.45, 2.75) is 35.7 Å². The van der Waals surface area contributed by atoms with Gasteiger partial charge in [-0.1, -0.05) is 65.7 Å². The van der Waals surface area contributed by atoms with Crippen molar-refractivity contribution in [3.8, 4) is 0 Å². The van der Waals surface area contributed by atoms with E-state index in [4.69, 9.17) is 33.4 Å². The van der Waals surface area contributed by atoms with Crippen molar-refractivity contribution in [2.75, 3.05) is 6.54 Å². The summed E-state index contributed by atoms with van der Waals surface area (Å²) in [5, 5.41) is 15.6. The van der Waals surface area contributed by atoms with Crippen LogP contribution < -0.4 is 15.2 Å². The van der Waals surface area contributed by atoms with Gasteiger partial charge in [-0.25, -0.2) is 10.1 Å². The summed E-state index contributed by atoms with van der Waals surface area (Å²) in [6.07, 6.45) is 0.778. The van der Waals surface area contributed by atoms with Crippen molar-refractivity contribution < 1.29 is 16.8 Å². The highest BCUT2D eigenvalue weighted by molar-refractivity contribution is 7.90. The van der Waals surface area contributed by atoms with E-state index in [1.54, 1.807) is 12.1 Å². The van der Waals surface area contributed by atoms with Crippen molar-refractivity contribution >= 4 is 55.1 Å². The molecule has 1 aliphatic heterocycles. The van der Waals surface area contributed by atoms with E-state index < -0.39 is 20.2 Å². The normalized spacial score (nSPS) is 21.6. The second-order valence-corrected chi connectivity index (χ2v) is 13.4. The first-order valence-electron chi connectivity index (χ1n) is 12.3. The lowest BCUT2D eigenvalue weighted by Gasteiger charge is -2.37. The van der Waals surface area contributed by atoms with Crippen molar-refractivity contribution in [1.29, 1.82) is 0 Å². The number of nitrogens with one attached hydrogen (secondary N) is 2. The summed E-state index contributed by atoms with van der Waals surface area (Å²) in [5.74, 6) is -0.162. The molecule has 5 rings (SSSR count). The summed E-state index contributed by atoms with van der Waals surface area (Å²) in [6.45, 7) is 0.315. The molecule has 1 atom stereocenters. The van der Waals surface area contributed by atoms with Gasteiger partial charge in [-0.3, -0.25) is 0 Å². The molecule has 0 bridgehead atoms. The summed E-state index contributed by atoms with van der Waals surface area (Å²) in [5.41, 5.74) is 2.56. The molecule has 0 aromatic heterocycles. The summed E-state index contributed by atoms with van der Waals surface area (Å²) < 4.78 is 56.0. The fourth-order valence-corrected chi connectivity index (χ4v) is 6.50. The quantitative estimate of drug-likeness (QED) is 0.272. The van der Waals surface area contributed by atoms with Crippen molar-refractivity contribution in [3.05, 3.63) is 100 Å². The number of sulfonamides is 1. The molecule has 1 fully saturated rings. The minimum atomic E-state index is -4.15. The third-order valence-corrected chi connectivity index (χ3v) is 9.07. The molecule has 0 radical (unpaired) electrons. The highest BCUT2D eigenvalue weighted by Gasteiger charge is 2.37. The van der Waals surface area contributed by atoms with Crippen molar-refractivity contribution in [1.82, 2.24) is 15.0 Å². The molecule has 0 spiro atoms. The zero-order valence-electron chi connectivity index (χ0n) is 21.0. The molecule has 3 aromatic carbocycles. The van der Waals surface area contributed by atoms with Crippen LogP contribution in [0, 0.1) is 0 Å². The van der Waals surface area contributed by atoms with Gasteiger partial charge < -0.3 is 5.32 Å². The van der Waals surface area contributed by atoms with Crippen LogP contribution in [0.3, 0.4) is 0 Å². The maximum absolute atomic E-state index is 13.3. The first kappa shape index (κ1) is 28.5. The fraction of sp³-hybridized carbons (Fsp3) is 0.231. The first-order chi connectivity index (χ1) is 19.0. The predicted molar refractivity (Wildman–Crippen MR) is 156 cm³/mol. The summed E-state index contributed by atoms with van der Waals surface area (Å²) in [6, 6.07) is 22.1. The molecule has 4 N–H and O–H groups in total. The van der Waals surface area contributed by atoms with Gasteiger partial charge in [0.1, 0.15) is 0 Å². The highest BCUT2D eigenvalue weighted by atomic mass is 35.5. The Morgan fingerprint density at radius 3 is 2.08 bits per heavy atom.